The van der Waals surface area contributed by atoms with Crippen LogP contribution in [0.4, 0.5) is 9.18 Å². The lowest BCUT2D eigenvalue weighted by Crippen LogP contribution is -2.46. The van der Waals surface area contributed by atoms with Gasteiger partial charge in [0.25, 0.3) is 11.4 Å². The number of aromatic nitrogens is 2. The van der Waals surface area contributed by atoms with Gasteiger partial charge < -0.3 is 29.7 Å². The molecule has 0 aromatic carbocycles. The van der Waals surface area contributed by atoms with E-state index in [9.17, 15) is 29.0 Å². The zero-order chi connectivity index (χ0) is 19.6. The standard InChI is InChI=1S/C14H20FN3O8/c1-16(2)5-6-25-13(24)18-8(20)3-4-17(12(18)23)11-9(21)10(22)14(15,7-19)26-11/h3-4,9-11,19,21-22H,5-7H2,1-2H3/t9-,10+,11-,14-/m1/s1. The summed E-state index contributed by atoms with van der Waals surface area (Å²) in [5.41, 5.74) is -2.26. The summed E-state index contributed by atoms with van der Waals surface area (Å²) in [4.78, 5) is 38.0. The molecule has 0 unspecified atom stereocenters. The number of aliphatic hydroxyl groups excluding tert-OH is 3. The molecule has 1 aromatic rings. The molecular weight excluding hydrogens is 357 g/mol. The Balaban J connectivity index is 2.34. The normalized spacial score (nSPS) is 28.5. The minimum absolute atomic E-state index is 0.0913. The molecule has 0 saturated carbocycles. The molecule has 26 heavy (non-hydrogen) atoms. The number of aliphatic hydroxyl groups is 3. The van der Waals surface area contributed by atoms with Gasteiger partial charge in [-0.1, -0.05) is 0 Å². The predicted molar refractivity (Wildman–Crippen MR) is 83.3 cm³/mol. The van der Waals surface area contributed by atoms with Crippen molar-refractivity contribution in [2.24, 2.45) is 0 Å². The van der Waals surface area contributed by atoms with Crippen molar-refractivity contribution in [3.05, 3.63) is 33.1 Å². The van der Waals surface area contributed by atoms with E-state index >= 15 is 0 Å². The second-order valence-electron chi connectivity index (χ2n) is 5.99. The van der Waals surface area contributed by atoms with E-state index in [4.69, 9.17) is 14.6 Å². The molecule has 0 aliphatic carbocycles. The van der Waals surface area contributed by atoms with Gasteiger partial charge >= 0.3 is 11.8 Å². The van der Waals surface area contributed by atoms with E-state index in [0.29, 0.717) is 11.1 Å². The van der Waals surface area contributed by atoms with Crippen LogP contribution in [0.2, 0.25) is 0 Å². The van der Waals surface area contributed by atoms with Gasteiger partial charge in [-0.15, -0.1) is 0 Å². The average molecular weight is 377 g/mol. The SMILES string of the molecule is CN(C)CCOC(=O)n1c(=O)ccn([C@@H]2O[C@](F)(CO)[C@@H](O)[C@H]2O)c1=O. The number of hydrogen-bond donors (Lipinski definition) is 3. The van der Waals surface area contributed by atoms with Crippen molar-refractivity contribution in [3.63, 3.8) is 0 Å². The summed E-state index contributed by atoms with van der Waals surface area (Å²) in [5, 5.41) is 28.5. The fourth-order valence-electron chi connectivity index (χ4n) is 2.34. The molecule has 0 amide bonds. The summed E-state index contributed by atoms with van der Waals surface area (Å²) in [6.45, 7) is -1.02. The van der Waals surface area contributed by atoms with E-state index in [1.165, 1.54) is 0 Å². The first kappa shape index (κ1) is 20.2. The van der Waals surface area contributed by atoms with Gasteiger partial charge in [-0.2, -0.15) is 4.57 Å². The lowest BCUT2D eigenvalue weighted by atomic mass is 10.1. The molecule has 1 fully saturated rings. The van der Waals surface area contributed by atoms with Crippen molar-refractivity contribution in [3.8, 4) is 0 Å². The zero-order valence-electron chi connectivity index (χ0n) is 14.1. The van der Waals surface area contributed by atoms with Crippen LogP contribution < -0.4 is 11.2 Å². The van der Waals surface area contributed by atoms with Crippen molar-refractivity contribution in [1.29, 1.82) is 0 Å². The number of likely N-dealkylation sites (N-methyl/N-ethyl adjacent to an activating group) is 1. The molecule has 12 heteroatoms. The highest BCUT2D eigenvalue weighted by Crippen LogP contribution is 2.37. The van der Waals surface area contributed by atoms with E-state index in [-0.39, 0.29) is 11.2 Å². The second-order valence-corrected chi connectivity index (χ2v) is 5.99. The Morgan fingerprint density at radius 2 is 2.08 bits per heavy atom. The molecule has 11 nitrogen and oxygen atoms in total. The fourth-order valence-corrected chi connectivity index (χ4v) is 2.34. The van der Waals surface area contributed by atoms with Gasteiger partial charge in [0.2, 0.25) is 0 Å². The lowest BCUT2D eigenvalue weighted by molar-refractivity contribution is -0.207. The summed E-state index contributed by atoms with van der Waals surface area (Å²) in [6, 6.07) is 0.814. The van der Waals surface area contributed by atoms with Crippen LogP contribution in [0.25, 0.3) is 0 Å². The lowest BCUT2D eigenvalue weighted by Gasteiger charge is -2.20. The molecule has 4 atom stereocenters. The Morgan fingerprint density at radius 1 is 1.42 bits per heavy atom. The van der Waals surface area contributed by atoms with Crippen LogP contribution in [-0.2, 0) is 9.47 Å². The highest BCUT2D eigenvalue weighted by molar-refractivity contribution is 5.69. The van der Waals surface area contributed by atoms with Gasteiger partial charge in [-0.05, 0) is 14.1 Å². The first-order chi connectivity index (χ1) is 12.1. The predicted octanol–water partition coefficient (Wildman–Crippen LogP) is -2.53. The van der Waals surface area contributed by atoms with Gasteiger partial charge in [-0.3, -0.25) is 9.36 Å². The van der Waals surface area contributed by atoms with Crippen LogP contribution in [0, 0.1) is 0 Å². The highest BCUT2D eigenvalue weighted by atomic mass is 19.2. The Kier molecular flexibility index (Phi) is 5.93. The van der Waals surface area contributed by atoms with Gasteiger partial charge in [0.15, 0.2) is 6.23 Å². The molecule has 3 N–H and O–H groups in total. The summed E-state index contributed by atoms with van der Waals surface area (Å²) in [5.74, 6) is -3.00. The molecule has 1 saturated heterocycles. The number of ether oxygens (including phenoxy) is 2. The molecule has 1 aliphatic heterocycles. The molecule has 146 valence electrons. The third-order valence-corrected chi connectivity index (χ3v) is 3.82. The molecule has 1 aliphatic rings. The Hall–Kier alpha value is -2.12. The van der Waals surface area contributed by atoms with E-state index < -0.39 is 48.2 Å². The van der Waals surface area contributed by atoms with Gasteiger partial charge in [0.1, 0.15) is 25.4 Å². The maximum atomic E-state index is 14.2. The summed E-state index contributed by atoms with van der Waals surface area (Å²) >= 11 is 0. The molecule has 2 heterocycles. The van der Waals surface area contributed by atoms with Crippen LogP contribution in [0.5, 0.6) is 0 Å². The maximum Gasteiger partial charge on any atom is 0.425 e. The first-order valence-corrected chi connectivity index (χ1v) is 7.62. The topological polar surface area (TPSA) is 143 Å². The summed E-state index contributed by atoms with van der Waals surface area (Å²) in [7, 11) is 3.45. The number of halogens is 1. The first-order valence-electron chi connectivity index (χ1n) is 7.62. The Labute approximate surface area is 146 Å². The largest absolute Gasteiger partial charge is 0.447 e. The van der Waals surface area contributed by atoms with Crippen LogP contribution in [0.3, 0.4) is 0 Å². The minimum atomic E-state index is -3.00. The van der Waals surface area contributed by atoms with E-state index in [0.717, 1.165) is 12.3 Å². The second kappa shape index (κ2) is 7.63. The minimum Gasteiger partial charge on any atom is -0.447 e. The van der Waals surface area contributed by atoms with E-state index in [1.54, 1.807) is 19.0 Å². The van der Waals surface area contributed by atoms with Crippen molar-refractivity contribution in [1.82, 2.24) is 14.0 Å². The van der Waals surface area contributed by atoms with Gasteiger partial charge in [0.05, 0.1) is 0 Å². The third kappa shape index (κ3) is 3.68. The van der Waals surface area contributed by atoms with Crippen molar-refractivity contribution in [2.45, 2.75) is 24.3 Å². The summed E-state index contributed by atoms with van der Waals surface area (Å²) < 4.78 is 24.5. The van der Waals surface area contributed by atoms with Crippen LogP contribution in [-0.4, -0.2) is 87.4 Å². The number of carbonyl (C=O) groups is 1. The monoisotopic (exact) mass is 377 g/mol. The molecule has 2 rings (SSSR count). The van der Waals surface area contributed by atoms with Crippen LogP contribution in [0.15, 0.2) is 21.9 Å². The molecule has 0 bridgehead atoms. The quantitative estimate of drug-likeness (QED) is 0.506. The van der Waals surface area contributed by atoms with E-state index in [1.807, 2.05) is 0 Å². The number of hydrogen-bond acceptors (Lipinski definition) is 9. The Morgan fingerprint density at radius 3 is 2.62 bits per heavy atom. The van der Waals surface area contributed by atoms with Crippen molar-refractivity contribution < 1.29 is 34.0 Å². The van der Waals surface area contributed by atoms with Gasteiger partial charge in [-0.25, -0.2) is 14.0 Å². The number of rotatable bonds is 5. The Bertz CT molecular complexity index is 778. The number of nitrogens with zero attached hydrogens (tertiary/aromatic N) is 3. The van der Waals surface area contributed by atoms with Crippen LogP contribution >= 0.6 is 0 Å². The van der Waals surface area contributed by atoms with Gasteiger partial charge in [0, 0.05) is 18.8 Å². The molecule has 1 aromatic heterocycles. The smallest absolute Gasteiger partial charge is 0.425 e. The van der Waals surface area contributed by atoms with E-state index in [2.05, 4.69) is 0 Å². The number of alkyl halides is 1. The highest BCUT2D eigenvalue weighted by Gasteiger charge is 2.56. The molecule has 0 radical (unpaired) electrons. The third-order valence-electron chi connectivity index (χ3n) is 3.82. The number of carbonyl (C=O) groups excluding carboxylic acids is 1. The molecule has 0 spiro atoms. The van der Waals surface area contributed by atoms with Crippen molar-refractivity contribution >= 4 is 6.09 Å². The zero-order valence-corrected chi connectivity index (χ0v) is 14.1. The molecular formula is C14H20FN3O8. The fraction of sp³-hybridized carbons (Fsp3) is 0.643. The van der Waals surface area contributed by atoms with Crippen molar-refractivity contribution in [2.75, 3.05) is 33.9 Å². The van der Waals surface area contributed by atoms with Crippen LogP contribution in [0.1, 0.15) is 6.23 Å². The maximum absolute atomic E-state index is 14.2. The summed E-state index contributed by atoms with van der Waals surface area (Å²) in [6.07, 6.45) is -6.22. The average Bonchev–Trinajstić information content (AvgIpc) is 2.80.